The highest BCUT2D eigenvalue weighted by Gasteiger charge is 2.21. The average molecular weight is 277 g/mol. The van der Waals surface area contributed by atoms with Gasteiger partial charge in [-0.3, -0.25) is 10.1 Å². The van der Waals surface area contributed by atoms with Crippen LogP contribution in [-0.2, 0) is 11.8 Å². The van der Waals surface area contributed by atoms with Gasteiger partial charge in [-0.2, -0.15) is 0 Å². The van der Waals surface area contributed by atoms with Crippen LogP contribution in [-0.4, -0.2) is 14.7 Å². The van der Waals surface area contributed by atoms with Crippen LogP contribution in [0.5, 0.6) is 5.75 Å². The molecule has 0 saturated carbocycles. The molecule has 0 heterocycles. The van der Waals surface area contributed by atoms with E-state index >= 15 is 0 Å². The van der Waals surface area contributed by atoms with E-state index in [9.17, 15) is 10.1 Å². The minimum Gasteiger partial charge on any atom is -0.424 e. The monoisotopic (exact) mass is 277 g/mol. The number of hydrogen-bond acceptors (Lipinski definition) is 4. The van der Waals surface area contributed by atoms with Crippen molar-refractivity contribution in [2.24, 2.45) is 0 Å². The first kappa shape index (κ1) is 14.1. The van der Waals surface area contributed by atoms with E-state index in [4.69, 9.17) is 14.3 Å². The van der Waals surface area contributed by atoms with Gasteiger partial charge in [-0.1, -0.05) is 0 Å². The third-order valence-corrected chi connectivity index (χ3v) is 3.05. The van der Waals surface area contributed by atoms with Gasteiger partial charge in [0.15, 0.2) is 0 Å². The first-order valence-corrected chi connectivity index (χ1v) is 7.26. The minimum absolute atomic E-state index is 0.0310. The molecule has 0 radical (unpaired) electrons. The summed E-state index contributed by atoms with van der Waals surface area (Å²) >= 11 is 4.38. The first-order chi connectivity index (χ1) is 7.63. The molecule has 1 rings (SSSR count). The summed E-state index contributed by atoms with van der Waals surface area (Å²) < 4.78 is 4.89. The smallest absolute Gasteiger partial charge is 0.375 e. The lowest BCUT2D eigenvalue weighted by Gasteiger charge is -2.16. The fourth-order valence-corrected chi connectivity index (χ4v) is 2.23. The summed E-state index contributed by atoms with van der Waals surface area (Å²) in [6, 6.07) is 1.32. The van der Waals surface area contributed by atoms with Crippen molar-refractivity contribution in [3.05, 3.63) is 32.9 Å². The Hall–Kier alpha value is -1.01. The molecule has 0 unspecified atom stereocenters. The zero-order valence-corrected chi connectivity index (χ0v) is 11.2. The molecule has 0 fully saturated rings. The molecule has 1 aromatic carbocycles. The average Bonchev–Trinajstić information content (AvgIpc) is 2.16. The highest BCUT2D eigenvalue weighted by Crippen LogP contribution is 2.43. The molecule has 0 saturated heterocycles. The molecule has 0 spiro atoms. The summed E-state index contributed by atoms with van der Waals surface area (Å²) in [4.78, 5) is 28.5. The fraction of sp³-hybridized carbons (Fsp3) is 0.333. The maximum Gasteiger partial charge on any atom is 0.375 e. The summed E-state index contributed by atoms with van der Waals surface area (Å²) in [5.41, 5.74) is 1.31. The highest BCUT2D eigenvalue weighted by molar-refractivity contribution is 8.06. The van der Waals surface area contributed by atoms with E-state index in [0.717, 1.165) is 0 Å². The van der Waals surface area contributed by atoms with Crippen molar-refractivity contribution < 1.29 is 19.2 Å². The van der Waals surface area contributed by atoms with Crippen LogP contribution in [0.15, 0.2) is 6.07 Å². The Morgan fingerprint density at radius 2 is 1.88 bits per heavy atom. The zero-order valence-electron chi connectivity index (χ0n) is 9.50. The van der Waals surface area contributed by atoms with E-state index < -0.39 is 11.6 Å². The second-order valence-corrected chi connectivity index (χ2v) is 6.22. The molecule has 8 heteroatoms. The van der Waals surface area contributed by atoms with Crippen LogP contribution in [0.3, 0.4) is 0 Å². The summed E-state index contributed by atoms with van der Waals surface area (Å²) in [5, 5.41) is 10.8. The van der Waals surface area contributed by atoms with Gasteiger partial charge in [0, 0.05) is 29.0 Å². The summed E-state index contributed by atoms with van der Waals surface area (Å²) in [5.74, 6) is 0.196. The summed E-state index contributed by atoms with van der Waals surface area (Å²) in [6.45, 7) is 0.921. The van der Waals surface area contributed by atoms with Crippen LogP contribution in [0, 0.1) is 30.9 Å². The van der Waals surface area contributed by atoms with E-state index in [1.54, 1.807) is 20.8 Å². The Balaban J connectivity index is 3.41. The molecular formula is C9H12NO5PS. The van der Waals surface area contributed by atoms with Crippen LogP contribution >= 0.6 is 6.72 Å². The number of aryl methyl sites for hydroxylation is 1. The van der Waals surface area contributed by atoms with Gasteiger partial charge in [-0.25, -0.2) is 0 Å². The van der Waals surface area contributed by atoms with E-state index in [1.165, 1.54) is 6.07 Å². The van der Waals surface area contributed by atoms with Gasteiger partial charge in [0.05, 0.1) is 4.92 Å². The predicted molar refractivity (Wildman–Crippen MR) is 66.7 cm³/mol. The molecule has 0 aliphatic carbocycles. The van der Waals surface area contributed by atoms with Crippen LogP contribution in [0.2, 0.25) is 0 Å². The lowest BCUT2D eigenvalue weighted by molar-refractivity contribution is -0.385. The number of rotatable bonds is 3. The molecule has 0 bridgehead atoms. The van der Waals surface area contributed by atoms with Crippen molar-refractivity contribution >= 4 is 24.2 Å². The lowest BCUT2D eigenvalue weighted by atomic mass is 10.0. The van der Waals surface area contributed by atoms with Crippen molar-refractivity contribution in [2.45, 2.75) is 20.8 Å². The third-order valence-electron chi connectivity index (χ3n) is 2.41. The molecule has 94 valence electrons. The van der Waals surface area contributed by atoms with Crippen LogP contribution in [0.25, 0.3) is 0 Å². The van der Waals surface area contributed by atoms with Crippen molar-refractivity contribution in [1.82, 2.24) is 0 Å². The van der Waals surface area contributed by atoms with Gasteiger partial charge in [-0.15, -0.1) is 0 Å². The Morgan fingerprint density at radius 1 is 1.35 bits per heavy atom. The Bertz CT molecular complexity index is 525. The Kier molecular flexibility index (Phi) is 3.88. The van der Waals surface area contributed by atoms with Crippen LogP contribution in [0.1, 0.15) is 16.7 Å². The van der Waals surface area contributed by atoms with Gasteiger partial charge in [-0.05, 0) is 26.3 Å². The molecule has 0 atom stereocenters. The number of nitrogens with zero attached hydrogens (tertiary/aromatic N) is 1. The van der Waals surface area contributed by atoms with E-state index in [-0.39, 0.29) is 11.4 Å². The van der Waals surface area contributed by atoms with E-state index in [1.807, 2.05) is 0 Å². The van der Waals surface area contributed by atoms with Crippen molar-refractivity contribution in [1.29, 1.82) is 0 Å². The molecule has 0 aromatic heterocycles. The van der Waals surface area contributed by atoms with Gasteiger partial charge in [0.2, 0.25) is 0 Å². The molecule has 6 nitrogen and oxygen atoms in total. The van der Waals surface area contributed by atoms with Gasteiger partial charge in [0.25, 0.3) is 5.69 Å². The third kappa shape index (κ3) is 3.23. The second-order valence-electron chi connectivity index (χ2n) is 3.63. The van der Waals surface area contributed by atoms with Gasteiger partial charge < -0.3 is 14.3 Å². The Morgan fingerprint density at radius 3 is 2.29 bits per heavy atom. The molecule has 0 amide bonds. The maximum atomic E-state index is 10.8. The van der Waals surface area contributed by atoms with Gasteiger partial charge >= 0.3 is 6.72 Å². The molecule has 17 heavy (non-hydrogen) atoms. The number of benzene rings is 1. The van der Waals surface area contributed by atoms with E-state index in [2.05, 4.69) is 11.8 Å². The van der Waals surface area contributed by atoms with Crippen molar-refractivity contribution in [2.75, 3.05) is 0 Å². The fourth-order valence-electron chi connectivity index (χ4n) is 1.49. The molecule has 2 N–H and O–H groups in total. The number of nitro groups is 1. The molecule has 0 aliphatic rings. The topological polar surface area (TPSA) is 92.8 Å². The van der Waals surface area contributed by atoms with Crippen molar-refractivity contribution in [3.63, 3.8) is 0 Å². The summed E-state index contributed by atoms with van der Waals surface area (Å²) in [6.07, 6.45) is 0. The molecule has 1 aromatic rings. The SMILES string of the molecule is Cc1cc([N+](=O)[O-])c(C)c(C)c1OP(O)(O)=S. The second kappa shape index (κ2) is 4.70. The van der Waals surface area contributed by atoms with Crippen molar-refractivity contribution in [3.8, 4) is 5.75 Å². The first-order valence-electron chi connectivity index (χ1n) is 4.64. The maximum absolute atomic E-state index is 10.8. The van der Waals surface area contributed by atoms with E-state index in [0.29, 0.717) is 16.7 Å². The summed E-state index contributed by atoms with van der Waals surface area (Å²) in [7, 11) is 0. The standard InChI is InChI=1S/C9H12NO5PS/c1-5-4-8(10(11)12)6(2)7(3)9(5)15-16(13,14)17/h4H,1-3H3,(H2,13,14,17). The van der Waals surface area contributed by atoms with Gasteiger partial charge in [0.1, 0.15) is 5.75 Å². The van der Waals surface area contributed by atoms with Crippen LogP contribution < -0.4 is 4.52 Å². The highest BCUT2D eigenvalue weighted by atomic mass is 32.5. The lowest BCUT2D eigenvalue weighted by Crippen LogP contribution is -2.00. The Labute approximate surface area is 103 Å². The minimum atomic E-state index is -3.84. The quantitative estimate of drug-likeness (QED) is 0.499. The zero-order chi connectivity index (χ0) is 13.4. The number of nitro benzene ring substituents is 1. The molecule has 0 aliphatic heterocycles. The largest absolute Gasteiger partial charge is 0.424 e. The normalized spacial score (nSPS) is 11.4. The predicted octanol–water partition coefficient (Wildman–Crippen LogP) is 2.11. The van der Waals surface area contributed by atoms with Crippen LogP contribution in [0.4, 0.5) is 5.69 Å². The number of hydrogen-bond donors (Lipinski definition) is 2. The molecular weight excluding hydrogens is 265 g/mol.